The highest BCUT2D eigenvalue weighted by atomic mass is 19.4. The number of alkyl halides is 3. The average Bonchev–Trinajstić information content (AvgIpc) is 2.47. The van der Waals surface area contributed by atoms with Crippen LogP contribution in [-0.2, 0) is 6.18 Å². The molecule has 5 heteroatoms. The lowest BCUT2D eigenvalue weighted by Gasteiger charge is -2.08. The molecular weight excluding hydrogens is 277 g/mol. The molecule has 0 amide bonds. The quantitative estimate of drug-likeness (QED) is 0.652. The van der Waals surface area contributed by atoms with Crippen LogP contribution in [-0.4, -0.2) is 9.97 Å². The van der Waals surface area contributed by atoms with Crippen LogP contribution < -0.4 is 0 Å². The van der Waals surface area contributed by atoms with E-state index >= 15 is 0 Å². The number of benzene rings is 2. The molecular formula is C16H11F3N2. The molecule has 2 nitrogen and oxygen atoms in total. The van der Waals surface area contributed by atoms with E-state index in [-0.39, 0.29) is 0 Å². The highest BCUT2D eigenvalue weighted by molar-refractivity contribution is 5.85. The zero-order valence-electron chi connectivity index (χ0n) is 11.1. The molecule has 0 radical (unpaired) electrons. The highest BCUT2D eigenvalue weighted by Gasteiger charge is 2.29. The first kappa shape index (κ1) is 13.5. The van der Waals surface area contributed by atoms with E-state index in [4.69, 9.17) is 0 Å². The van der Waals surface area contributed by atoms with E-state index in [9.17, 15) is 13.2 Å². The van der Waals surface area contributed by atoms with Crippen molar-refractivity contribution in [2.24, 2.45) is 0 Å². The minimum Gasteiger partial charge on any atom is -0.241 e. The van der Waals surface area contributed by atoms with Gasteiger partial charge in [0, 0.05) is 11.1 Å². The van der Waals surface area contributed by atoms with Crippen LogP contribution in [0.1, 0.15) is 11.3 Å². The van der Waals surface area contributed by atoms with Crippen LogP contribution in [0.15, 0.2) is 48.8 Å². The molecule has 1 aromatic heterocycles. The molecule has 0 saturated carbocycles. The van der Waals surface area contributed by atoms with Gasteiger partial charge in [0.2, 0.25) is 0 Å². The van der Waals surface area contributed by atoms with Gasteiger partial charge < -0.3 is 0 Å². The molecule has 106 valence electrons. The number of fused-ring (bicyclic) bond motifs is 1. The summed E-state index contributed by atoms with van der Waals surface area (Å²) in [7, 11) is 0. The lowest BCUT2D eigenvalue weighted by molar-refractivity contribution is -0.137. The first-order valence-electron chi connectivity index (χ1n) is 6.34. The van der Waals surface area contributed by atoms with E-state index < -0.39 is 11.7 Å². The smallest absolute Gasteiger partial charge is 0.241 e. The van der Waals surface area contributed by atoms with Crippen molar-refractivity contribution >= 4 is 10.9 Å². The van der Waals surface area contributed by atoms with Crippen LogP contribution in [0.2, 0.25) is 0 Å². The summed E-state index contributed by atoms with van der Waals surface area (Å²) in [5.41, 5.74) is 2.58. The molecule has 0 aliphatic heterocycles. The second-order valence-electron chi connectivity index (χ2n) is 4.77. The van der Waals surface area contributed by atoms with Gasteiger partial charge in [-0.25, -0.2) is 9.97 Å². The van der Waals surface area contributed by atoms with Gasteiger partial charge >= 0.3 is 6.18 Å². The predicted octanol–water partition coefficient (Wildman–Crippen LogP) is 4.62. The Labute approximate surface area is 119 Å². The van der Waals surface area contributed by atoms with Crippen LogP contribution >= 0.6 is 0 Å². The van der Waals surface area contributed by atoms with Crippen molar-refractivity contribution in [2.45, 2.75) is 13.1 Å². The minimum absolute atomic E-state index is 0.647. The van der Waals surface area contributed by atoms with E-state index in [1.54, 1.807) is 0 Å². The summed E-state index contributed by atoms with van der Waals surface area (Å²) in [5.74, 6) is 0. The summed E-state index contributed by atoms with van der Waals surface area (Å²) in [4.78, 5) is 8.29. The molecule has 0 unspecified atom stereocenters. The maximum Gasteiger partial charge on any atom is 0.416 e. The third kappa shape index (κ3) is 2.59. The lowest BCUT2D eigenvalue weighted by atomic mass is 10.0. The van der Waals surface area contributed by atoms with Gasteiger partial charge in [0.15, 0.2) is 0 Å². The SMILES string of the molecule is Cc1ncnc2ccc(-c3ccc(C(F)(F)F)cc3)cc12. The zero-order valence-corrected chi connectivity index (χ0v) is 11.1. The van der Waals surface area contributed by atoms with Gasteiger partial charge in [-0.3, -0.25) is 0 Å². The standard InChI is InChI=1S/C16H11F3N2/c1-10-14-8-12(4-7-15(14)21-9-20-10)11-2-5-13(6-3-11)16(17,18)19/h2-9H,1H3. The van der Waals surface area contributed by atoms with E-state index in [1.165, 1.54) is 18.5 Å². The summed E-state index contributed by atoms with van der Waals surface area (Å²) in [6.07, 6.45) is -2.82. The van der Waals surface area contributed by atoms with Crippen LogP contribution in [0.3, 0.4) is 0 Å². The van der Waals surface area contributed by atoms with Gasteiger partial charge in [-0.1, -0.05) is 18.2 Å². The molecule has 2 aromatic carbocycles. The number of nitrogens with zero attached hydrogens (tertiary/aromatic N) is 2. The number of rotatable bonds is 1. The third-order valence-electron chi connectivity index (χ3n) is 3.38. The average molecular weight is 288 g/mol. The lowest BCUT2D eigenvalue weighted by Crippen LogP contribution is -2.03. The van der Waals surface area contributed by atoms with Crippen molar-refractivity contribution < 1.29 is 13.2 Å². The number of hydrogen-bond donors (Lipinski definition) is 0. The number of aromatic nitrogens is 2. The number of hydrogen-bond acceptors (Lipinski definition) is 2. The van der Waals surface area contributed by atoms with Crippen LogP contribution in [0.4, 0.5) is 13.2 Å². The maximum atomic E-state index is 12.6. The van der Waals surface area contributed by atoms with Gasteiger partial charge in [-0.2, -0.15) is 13.2 Å². The van der Waals surface area contributed by atoms with Crippen LogP contribution in [0.5, 0.6) is 0 Å². The summed E-state index contributed by atoms with van der Waals surface area (Å²) in [6, 6.07) is 10.7. The van der Waals surface area contributed by atoms with Crippen LogP contribution in [0, 0.1) is 6.92 Å². The fourth-order valence-electron chi connectivity index (χ4n) is 2.22. The Morgan fingerprint density at radius 3 is 2.19 bits per heavy atom. The van der Waals surface area contributed by atoms with Crippen molar-refractivity contribution in [1.82, 2.24) is 9.97 Å². The van der Waals surface area contributed by atoms with Gasteiger partial charge in [0.1, 0.15) is 6.33 Å². The summed E-state index contributed by atoms with van der Waals surface area (Å²) in [6.45, 7) is 1.88. The molecule has 0 N–H and O–H groups in total. The van der Waals surface area contributed by atoms with Gasteiger partial charge in [0.25, 0.3) is 0 Å². The van der Waals surface area contributed by atoms with Crippen molar-refractivity contribution in [2.75, 3.05) is 0 Å². The van der Waals surface area contributed by atoms with E-state index in [0.29, 0.717) is 0 Å². The van der Waals surface area contributed by atoms with Gasteiger partial charge in [0.05, 0.1) is 11.1 Å². The first-order valence-corrected chi connectivity index (χ1v) is 6.34. The molecule has 3 aromatic rings. The molecule has 0 atom stereocenters. The maximum absolute atomic E-state index is 12.6. The predicted molar refractivity (Wildman–Crippen MR) is 74.7 cm³/mol. The third-order valence-corrected chi connectivity index (χ3v) is 3.38. The Morgan fingerprint density at radius 1 is 0.857 bits per heavy atom. The second-order valence-corrected chi connectivity index (χ2v) is 4.77. The summed E-state index contributed by atoms with van der Waals surface area (Å²) < 4.78 is 37.7. The first-order chi connectivity index (χ1) is 9.95. The fourth-order valence-corrected chi connectivity index (χ4v) is 2.22. The Bertz CT molecular complexity index is 793. The Morgan fingerprint density at radius 2 is 1.52 bits per heavy atom. The van der Waals surface area contributed by atoms with Crippen molar-refractivity contribution in [1.29, 1.82) is 0 Å². The van der Waals surface area contributed by atoms with Crippen molar-refractivity contribution in [3.8, 4) is 11.1 Å². The summed E-state index contributed by atoms with van der Waals surface area (Å²) >= 11 is 0. The van der Waals surface area contributed by atoms with E-state index in [2.05, 4.69) is 9.97 Å². The molecule has 0 spiro atoms. The largest absolute Gasteiger partial charge is 0.416 e. The summed E-state index contributed by atoms with van der Waals surface area (Å²) in [5, 5.41) is 0.898. The normalized spacial score (nSPS) is 11.8. The monoisotopic (exact) mass is 288 g/mol. The molecule has 0 fully saturated rings. The second kappa shape index (κ2) is 4.84. The van der Waals surface area contributed by atoms with Crippen LogP contribution in [0.25, 0.3) is 22.0 Å². The molecule has 0 aliphatic carbocycles. The zero-order chi connectivity index (χ0) is 15.0. The molecule has 3 rings (SSSR count). The Hall–Kier alpha value is -2.43. The molecule has 0 saturated heterocycles. The number of halogens is 3. The van der Waals surface area contributed by atoms with Crippen molar-refractivity contribution in [3.63, 3.8) is 0 Å². The number of aryl methyl sites for hydroxylation is 1. The topological polar surface area (TPSA) is 25.8 Å². The van der Waals surface area contributed by atoms with Gasteiger partial charge in [-0.15, -0.1) is 0 Å². The van der Waals surface area contributed by atoms with Gasteiger partial charge in [-0.05, 0) is 42.3 Å². The van der Waals surface area contributed by atoms with E-state index in [1.807, 2.05) is 25.1 Å². The molecule has 0 aliphatic rings. The van der Waals surface area contributed by atoms with E-state index in [0.717, 1.165) is 39.9 Å². The Balaban J connectivity index is 2.06. The minimum atomic E-state index is -4.31. The molecule has 0 bridgehead atoms. The van der Waals surface area contributed by atoms with Crippen molar-refractivity contribution in [3.05, 3.63) is 60.0 Å². The molecule has 21 heavy (non-hydrogen) atoms. The highest BCUT2D eigenvalue weighted by Crippen LogP contribution is 2.31. The molecule has 1 heterocycles. The fraction of sp³-hybridized carbons (Fsp3) is 0.125. The Kier molecular flexibility index (Phi) is 3.12.